The fraction of sp³-hybridized carbons (Fsp3) is 0.364. The number of hydrogen-bond acceptors (Lipinski definition) is 4. The summed E-state index contributed by atoms with van der Waals surface area (Å²) in [6.07, 6.45) is 5.12. The Morgan fingerprint density at radius 1 is 1.38 bits per heavy atom. The van der Waals surface area contributed by atoms with Crippen LogP contribution in [0.15, 0.2) is 24.8 Å². The molecule has 5 heteroatoms. The van der Waals surface area contributed by atoms with Crippen LogP contribution in [0.5, 0.6) is 5.75 Å². The second-order valence-electron chi connectivity index (χ2n) is 3.73. The highest BCUT2D eigenvalue weighted by atomic mass is 16.5. The van der Waals surface area contributed by atoms with E-state index in [4.69, 9.17) is 4.74 Å². The minimum Gasteiger partial charge on any atom is -0.494 e. The fourth-order valence-corrected chi connectivity index (χ4v) is 1.54. The molecule has 0 atom stereocenters. The smallest absolute Gasteiger partial charge is 0.167 e. The quantitative estimate of drug-likeness (QED) is 0.789. The van der Waals surface area contributed by atoms with Gasteiger partial charge in [0.05, 0.1) is 18.9 Å². The molecule has 0 radical (unpaired) electrons. The standard InChI is InChI=1S/C11H14N4O/c1-8(2)15-7-13-14-11(15)9-4-5-12-6-10(9)16-3/h4-8H,1-3H3. The summed E-state index contributed by atoms with van der Waals surface area (Å²) in [5.41, 5.74) is 0.906. The van der Waals surface area contributed by atoms with Crippen molar-refractivity contribution in [3.05, 3.63) is 24.8 Å². The molecule has 0 amide bonds. The zero-order valence-corrected chi connectivity index (χ0v) is 9.58. The van der Waals surface area contributed by atoms with E-state index in [1.165, 1.54) is 0 Å². The molecule has 0 aliphatic rings. The summed E-state index contributed by atoms with van der Waals surface area (Å²) in [4.78, 5) is 4.02. The van der Waals surface area contributed by atoms with Crippen LogP contribution in [0, 0.1) is 0 Å². The van der Waals surface area contributed by atoms with Gasteiger partial charge >= 0.3 is 0 Å². The molecule has 2 aromatic rings. The van der Waals surface area contributed by atoms with Crippen LogP contribution in [0.25, 0.3) is 11.4 Å². The Kier molecular flexibility index (Phi) is 2.85. The summed E-state index contributed by atoms with van der Waals surface area (Å²) in [5.74, 6) is 1.51. The summed E-state index contributed by atoms with van der Waals surface area (Å²) in [6.45, 7) is 4.17. The minimum absolute atomic E-state index is 0.308. The van der Waals surface area contributed by atoms with Crippen molar-refractivity contribution in [2.45, 2.75) is 19.9 Å². The Morgan fingerprint density at radius 3 is 2.88 bits per heavy atom. The van der Waals surface area contributed by atoms with E-state index in [0.717, 1.165) is 11.4 Å². The van der Waals surface area contributed by atoms with E-state index in [2.05, 4.69) is 29.0 Å². The van der Waals surface area contributed by atoms with Gasteiger partial charge in [0.25, 0.3) is 0 Å². The van der Waals surface area contributed by atoms with Gasteiger partial charge in [-0.3, -0.25) is 4.98 Å². The van der Waals surface area contributed by atoms with Gasteiger partial charge in [-0.25, -0.2) is 0 Å². The number of nitrogens with zero attached hydrogens (tertiary/aromatic N) is 4. The van der Waals surface area contributed by atoms with Crippen molar-refractivity contribution < 1.29 is 4.74 Å². The van der Waals surface area contributed by atoms with E-state index in [-0.39, 0.29) is 0 Å². The van der Waals surface area contributed by atoms with Gasteiger partial charge in [0.1, 0.15) is 12.1 Å². The highest BCUT2D eigenvalue weighted by Crippen LogP contribution is 2.28. The third-order valence-corrected chi connectivity index (χ3v) is 2.37. The Hall–Kier alpha value is -1.91. The van der Waals surface area contributed by atoms with E-state index in [1.54, 1.807) is 25.8 Å². The maximum Gasteiger partial charge on any atom is 0.167 e. The van der Waals surface area contributed by atoms with Gasteiger partial charge in [0.2, 0.25) is 0 Å². The molecule has 2 rings (SSSR count). The lowest BCUT2D eigenvalue weighted by Crippen LogP contribution is -2.02. The Labute approximate surface area is 94.1 Å². The van der Waals surface area contributed by atoms with Crippen molar-refractivity contribution >= 4 is 0 Å². The van der Waals surface area contributed by atoms with Crippen molar-refractivity contribution in [3.63, 3.8) is 0 Å². The van der Waals surface area contributed by atoms with Crippen molar-refractivity contribution in [2.75, 3.05) is 7.11 Å². The van der Waals surface area contributed by atoms with Crippen molar-refractivity contribution in [1.29, 1.82) is 0 Å². The fourth-order valence-electron chi connectivity index (χ4n) is 1.54. The summed E-state index contributed by atoms with van der Waals surface area (Å²) < 4.78 is 7.26. The highest BCUT2D eigenvalue weighted by Gasteiger charge is 2.13. The maximum absolute atomic E-state index is 5.26. The first-order valence-corrected chi connectivity index (χ1v) is 5.12. The van der Waals surface area contributed by atoms with Crippen molar-refractivity contribution in [1.82, 2.24) is 19.7 Å². The second-order valence-corrected chi connectivity index (χ2v) is 3.73. The SMILES string of the molecule is COc1cnccc1-c1nncn1C(C)C. The molecule has 2 heterocycles. The molecule has 0 unspecified atom stereocenters. The van der Waals surface area contributed by atoms with Crippen LogP contribution >= 0.6 is 0 Å². The lowest BCUT2D eigenvalue weighted by atomic mass is 10.2. The first-order chi connectivity index (χ1) is 7.74. The normalized spacial score (nSPS) is 10.8. The van der Waals surface area contributed by atoms with Crippen LogP contribution in [-0.4, -0.2) is 26.9 Å². The van der Waals surface area contributed by atoms with Crippen LogP contribution in [0.2, 0.25) is 0 Å². The van der Waals surface area contributed by atoms with Crippen LogP contribution in [0.3, 0.4) is 0 Å². The molecule has 5 nitrogen and oxygen atoms in total. The molecule has 2 aromatic heterocycles. The zero-order chi connectivity index (χ0) is 11.5. The van der Waals surface area contributed by atoms with Crippen LogP contribution in [0.4, 0.5) is 0 Å². The van der Waals surface area contributed by atoms with Gasteiger partial charge in [-0.15, -0.1) is 10.2 Å². The van der Waals surface area contributed by atoms with Crippen LogP contribution < -0.4 is 4.74 Å². The number of pyridine rings is 1. The Bertz CT molecular complexity index is 478. The zero-order valence-electron chi connectivity index (χ0n) is 9.58. The van der Waals surface area contributed by atoms with E-state index < -0.39 is 0 Å². The first-order valence-electron chi connectivity index (χ1n) is 5.12. The Morgan fingerprint density at radius 2 is 2.19 bits per heavy atom. The third kappa shape index (κ3) is 1.76. The molecule has 0 aromatic carbocycles. The summed E-state index contributed by atoms with van der Waals surface area (Å²) in [6, 6.07) is 2.18. The predicted octanol–water partition coefficient (Wildman–Crippen LogP) is 1.93. The average molecular weight is 218 g/mol. The van der Waals surface area contributed by atoms with E-state index in [0.29, 0.717) is 11.8 Å². The summed E-state index contributed by atoms with van der Waals surface area (Å²) >= 11 is 0. The molecular formula is C11H14N4O. The summed E-state index contributed by atoms with van der Waals surface area (Å²) in [7, 11) is 1.62. The molecule has 0 fully saturated rings. The van der Waals surface area contributed by atoms with Crippen molar-refractivity contribution in [3.8, 4) is 17.1 Å². The third-order valence-electron chi connectivity index (χ3n) is 2.37. The topological polar surface area (TPSA) is 52.8 Å². The molecule has 0 aliphatic carbocycles. The molecule has 0 aliphatic heterocycles. The largest absolute Gasteiger partial charge is 0.494 e. The number of hydrogen-bond donors (Lipinski definition) is 0. The van der Waals surface area contributed by atoms with E-state index in [1.807, 2.05) is 10.6 Å². The number of rotatable bonds is 3. The molecule has 16 heavy (non-hydrogen) atoms. The van der Waals surface area contributed by atoms with Crippen molar-refractivity contribution in [2.24, 2.45) is 0 Å². The van der Waals surface area contributed by atoms with E-state index >= 15 is 0 Å². The minimum atomic E-state index is 0.308. The molecule has 0 spiro atoms. The molecule has 0 N–H and O–H groups in total. The monoisotopic (exact) mass is 218 g/mol. The van der Waals surface area contributed by atoms with Gasteiger partial charge in [-0.2, -0.15) is 0 Å². The molecular weight excluding hydrogens is 204 g/mol. The second kappa shape index (κ2) is 4.30. The van der Waals surface area contributed by atoms with Gasteiger partial charge in [-0.1, -0.05) is 0 Å². The highest BCUT2D eigenvalue weighted by molar-refractivity contribution is 5.63. The predicted molar refractivity (Wildman–Crippen MR) is 60.2 cm³/mol. The molecule has 0 saturated heterocycles. The first kappa shape index (κ1) is 10.6. The van der Waals surface area contributed by atoms with Crippen LogP contribution in [-0.2, 0) is 0 Å². The summed E-state index contributed by atoms with van der Waals surface area (Å²) in [5, 5.41) is 8.05. The van der Waals surface area contributed by atoms with Gasteiger partial charge in [0, 0.05) is 12.2 Å². The number of ether oxygens (including phenoxy) is 1. The maximum atomic E-state index is 5.26. The van der Waals surface area contributed by atoms with Gasteiger partial charge in [0.15, 0.2) is 5.82 Å². The average Bonchev–Trinajstić information content (AvgIpc) is 2.77. The number of methoxy groups -OCH3 is 1. The molecule has 84 valence electrons. The Balaban J connectivity index is 2.54. The lowest BCUT2D eigenvalue weighted by Gasteiger charge is -2.11. The van der Waals surface area contributed by atoms with E-state index in [9.17, 15) is 0 Å². The molecule has 0 bridgehead atoms. The van der Waals surface area contributed by atoms with Gasteiger partial charge < -0.3 is 9.30 Å². The number of aromatic nitrogens is 4. The lowest BCUT2D eigenvalue weighted by molar-refractivity contribution is 0.413. The van der Waals surface area contributed by atoms with Gasteiger partial charge in [-0.05, 0) is 19.9 Å². The molecule has 0 saturated carbocycles. The van der Waals surface area contributed by atoms with Crippen LogP contribution in [0.1, 0.15) is 19.9 Å².